The Balaban J connectivity index is 1.34. The normalized spacial score (nSPS) is 13.6. The molecule has 0 amide bonds. The molecule has 0 heterocycles. The number of allylic oxidation sites excluding steroid dienone is 4. The summed E-state index contributed by atoms with van der Waals surface area (Å²) in [6, 6.07) is 19.7. The molecule has 190 valence electrons. The van der Waals surface area contributed by atoms with Crippen LogP contribution in [0.2, 0.25) is 0 Å². The van der Waals surface area contributed by atoms with Crippen molar-refractivity contribution in [2.75, 3.05) is 0 Å². The van der Waals surface area contributed by atoms with E-state index in [2.05, 4.69) is 23.7 Å². The molecule has 0 N–H and O–H groups in total. The predicted molar refractivity (Wildman–Crippen MR) is 138 cm³/mol. The van der Waals surface area contributed by atoms with Crippen molar-refractivity contribution in [3.05, 3.63) is 129 Å². The maximum atomic E-state index is 12.7. The number of benzene rings is 3. The van der Waals surface area contributed by atoms with Gasteiger partial charge < -0.3 is 0 Å². The van der Waals surface area contributed by atoms with E-state index in [1.165, 1.54) is 18.2 Å². The third-order valence-corrected chi connectivity index (χ3v) is 5.73. The highest BCUT2D eigenvalue weighted by molar-refractivity contribution is 5.70. The highest BCUT2D eigenvalue weighted by Gasteiger charge is 2.33. The minimum absolute atomic E-state index is 0.0551. The highest BCUT2D eigenvalue weighted by Crippen LogP contribution is 2.32. The van der Waals surface area contributed by atoms with Gasteiger partial charge in [0.15, 0.2) is 0 Å². The van der Waals surface area contributed by atoms with Gasteiger partial charge in [-0.15, -0.1) is 0 Å². The molecule has 0 bridgehead atoms. The summed E-state index contributed by atoms with van der Waals surface area (Å²) in [6.07, 6.45) is -2.03. The standard InChI is InChI=1S/C32H20F6/c33-31(34,35)29-19-15-27(16-20-29)13-11-25-7-3-23(4-8-25)1-2-24-5-9-26(10-6-24)12-14-28-17-21-30(22-18-28)32(36,37)38/h1-10,15-17,19-21H,18,22H2/b2-1+. The molecule has 0 saturated carbocycles. The second-order valence-electron chi connectivity index (χ2n) is 8.53. The molecule has 0 aliphatic heterocycles. The van der Waals surface area contributed by atoms with Crippen LogP contribution in [-0.4, -0.2) is 6.18 Å². The smallest absolute Gasteiger partial charge is 0.166 e. The molecule has 4 rings (SSSR count). The van der Waals surface area contributed by atoms with Crippen molar-refractivity contribution >= 4 is 12.2 Å². The van der Waals surface area contributed by atoms with Crippen molar-refractivity contribution in [1.82, 2.24) is 0 Å². The maximum Gasteiger partial charge on any atom is 0.416 e. The van der Waals surface area contributed by atoms with Crippen LogP contribution in [0, 0.1) is 23.7 Å². The largest absolute Gasteiger partial charge is 0.416 e. The molecule has 0 fully saturated rings. The summed E-state index contributed by atoms with van der Waals surface area (Å²) >= 11 is 0. The molecule has 0 unspecified atom stereocenters. The molecule has 3 aromatic carbocycles. The Morgan fingerprint density at radius 3 is 1.34 bits per heavy atom. The zero-order chi connectivity index (χ0) is 27.2. The molecule has 3 aromatic rings. The maximum absolute atomic E-state index is 12.7. The van der Waals surface area contributed by atoms with Gasteiger partial charge in [-0.25, -0.2) is 0 Å². The second kappa shape index (κ2) is 11.3. The summed E-state index contributed by atoms with van der Waals surface area (Å²) in [5.74, 6) is 11.7. The van der Waals surface area contributed by atoms with Crippen LogP contribution in [0.25, 0.3) is 12.2 Å². The summed E-state index contributed by atoms with van der Waals surface area (Å²) in [4.78, 5) is 0. The fourth-order valence-corrected chi connectivity index (χ4v) is 3.56. The molecule has 6 heteroatoms. The van der Waals surface area contributed by atoms with Crippen LogP contribution in [0.1, 0.15) is 46.2 Å². The van der Waals surface area contributed by atoms with E-state index in [0.717, 1.165) is 40.5 Å². The molecular weight excluding hydrogens is 498 g/mol. The molecule has 0 nitrogen and oxygen atoms in total. The quantitative estimate of drug-likeness (QED) is 0.181. The van der Waals surface area contributed by atoms with Crippen LogP contribution in [0.4, 0.5) is 26.3 Å². The molecule has 0 aromatic heterocycles. The van der Waals surface area contributed by atoms with Crippen LogP contribution in [0.15, 0.2) is 96.1 Å². The fraction of sp³-hybridized carbons (Fsp3) is 0.125. The summed E-state index contributed by atoms with van der Waals surface area (Å²) in [5, 5.41) is 0. The minimum atomic E-state index is -4.37. The predicted octanol–water partition coefficient (Wildman–Crippen LogP) is 8.84. The number of halogens is 6. The first-order valence-electron chi connectivity index (χ1n) is 11.6. The van der Waals surface area contributed by atoms with Gasteiger partial charge in [0.25, 0.3) is 0 Å². The average molecular weight is 519 g/mol. The lowest BCUT2D eigenvalue weighted by atomic mass is 9.98. The van der Waals surface area contributed by atoms with E-state index in [1.54, 1.807) is 0 Å². The van der Waals surface area contributed by atoms with Gasteiger partial charge in [0, 0.05) is 27.8 Å². The third-order valence-electron chi connectivity index (χ3n) is 5.73. The molecule has 0 saturated heterocycles. The van der Waals surface area contributed by atoms with E-state index in [9.17, 15) is 26.3 Å². The van der Waals surface area contributed by atoms with E-state index in [0.29, 0.717) is 11.1 Å². The summed E-state index contributed by atoms with van der Waals surface area (Å²) in [6.45, 7) is 0. The van der Waals surface area contributed by atoms with Gasteiger partial charge in [-0.1, -0.05) is 72.3 Å². The van der Waals surface area contributed by atoms with E-state index < -0.39 is 23.5 Å². The first-order valence-corrected chi connectivity index (χ1v) is 11.6. The molecule has 0 spiro atoms. The van der Waals surface area contributed by atoms with Gasteiger partial charge in [-0.2, -0.15) is 26.3 Å². The topological polar surface area (TPSA) is 0 Å². The summed E-state index contributed by atoms with van der Waals surface area (Å²) in [5.41, 5.74) is 3.35. The van der Waals surface area contributed by atoms with Crippen molar-refractivity contribution in [3.8, 4) is 23.7 Å². The van der Waals surface area contributed by atoms with Crippen LogP contribution >= 0.6 is 0 Å². The Hall–Kier alpha value is -4.42. The van der Waals surface area contributed by atoms with Crippen molar-refractivity contribution in [3.63, 3.8) is 0 Å². The SMILES string of the molecule is FC(F)(F)C1=CC=C(C#Cc2ccc(/C=C/c3ccc(C#Cc4ccc(C(F)(F)F)cc4)cc3)cc2)CC1. The van der Waals surface area contributed by atoms with Crippen molar-refractivity contribution in [2.45, 2.75) is 25.2 Å². The summed E-state index contributed by atoms with van der Waals surface area (Å²) < 4.78 is 76.1. The minimum Gasteiger partial charge on any atom is -0.166 e. The van der Waals surface area contributed by atoms with Crippen LogP contribution < -0.4 is 0 Å². The molecule has 38 heavy (non-hydrogen) atoms. The zero-order valence-electron chi connectivity index (χ0n) is 19.9. The number of hydrogen-bond donors (Lipinski definition) is 0. The molecular formula is C32H20F6. The highest BCUT2D eigenvalue weighted by atomic mass is 19.4. The first kappa shape index (κ1) is 26.6. The van der Waals surface area contributed by atoms with Crippen LogP contribution in [0.3, 0.4) is 0 Å². The van der Waals surface area contributed by atoms with Gasteiger partial charge in [0.2, 0.25) is 0 Å². The fourth-order valence-electron chi connectivity index (χ4n) is 3.56. The molecule has 1 aliphatic carbocycles. The molecule has 0 radical (unpaired) electrons. The number of alkyl halides is 6. The van der Waals surface area contributed by atoms with E-state index in [1.807, 2.05) is 60.7 Å². The van der Waals surface area contributed by atoms with E-state index in [-0.39, 0.29) is 12.8 Å². The Labute approximate surface area is 217 Å². The average Bonchev–Trinajstić information content (AvgIpc) is 2.90. The van der Waals surface area contributed by atoms with Crippen molar-refractivity contribution < 1.29 is 26.3 Å². The number of rotatable bonds is 2. The number of hydrogen-bond acceptors (Lipinski definition) is 0. The summed E-state index contributed by atoms with van der Waals surface area (Å²) in [7, 11) is 0. The van der Waals surface area contributed by atoms with Gasteiger partial charge in [0.05, 0.1) is 5.56 Å². The third kappa shape index (κ3) is 7.54. The second-order valence-corrected chi connectivity index (χ2v) is 8.53. The van der Waals surface area contributed by atoms with Crippen molar-refractivity contribution in [2.24, 2.45) is 0 Å². The lowest BCUT2D eigenvalue weighted by Crippen LogP contribution is -2.13. The Morgan fingerprint density at radius 2 is 0.947 bits per heavy atom. The van der Waals surface area contributed by atoms with Gasteiger partial charge in [-0.05, 0) is 72.5 Å². The van der Waals surface area contributed by atoms with E-state index >= 15 is 0 Å². The van der Waals surface area contributed by atoms with Gasteiger partial charge in [-0.3, -0.25) is 0 Å². The zero-order valence-corrected chi connectivity index (χ0v) is 19.9. The first-order chi connectivity index (χ1) is 18.1. The lowest BCUT2D eigenvalue weighted by molar-refractivity contribution is -0.137. The van der Waals surface area contributed by atoms with Crippen LogP contribution in [0.5, 0.6) is 0 Å². The van der Waals surface area contributed by atoms with Crippen LogP contribution in [-0.2, 0) is 6.18 Å². The Morgan fingerprint density at radius 1 is 0.500 bits per heavy atom. The van der Waals surface area contributed by atoms with Gasteiger partial charge >= 0.3 is 12.4 Å². The molecule has 0 atom stereocenters. The Bertz CT molecular complexity index is 1490. The van der Waals surface area contributed by atoms with Crippen molar-refractivity contribution in [1.29, 1.82) is 0 Å². The lowest BCUT2D eigenvalue weighted by Gasteiger charge is -2.14. The van der Waals surface area contributed by atoms with Gasteiger partial charge in [0.1, 0.15) is 0 Å². The Kier molecular flexibility index (Phi) is 7.93. The molecule has 1 aliphatic rings. The monoisotopic (exact) mass is 518 g/mol. The van der Waals surface area contributed by atoms with E-state index in [4.69, 9.17) is 0 Å².